The third kappa shape index (κ3) is 5.46. The van der Waals surface area contributed by atoms with Crippen LogP contribution in [-0.4, -0.2) is 48.4 Å². The highest BCUT2D eigenvalue weighted by atomic mass is 35.5. The third-order valence-electron chi connectivity index (χ3n) is 4.85. The monoisotopic (exact) mass is 486 g/mol. The Bertz CT molecular complexity index is 1220. The predicted octanol–water partition coefficient (Wildman–Crippen LogP) is 2.78. The molecule has 0 radical (unpaired) electrons. The molecule has 2 N–H and O–H groups in total. The Hall–Kier alpha value is -4.05. The number of benzene rings is 2. The quantitative estimate of drug-likeness (QED) is 0.389. The average molecular weight is 487 g/mol. The molecule has 2 aromatic carbocycles. The summed E-state index contributed by atoms with van der Waals surface area (Å²) in [6, 6.07) is 11.0. The largest absolute Gasteiger partial charge is 0.493 e. The van der Waals surface area contributed by atoms with E-state index in [1.165, 1.54) is 26.4 Å². The molecule has 11 heteroatoms. The summed E-state index contributed by atoms with van der Waals surface area (Å²) in [5, 5.41) is 4.93. The third-order valence-corrected chi connectivity index (χ3v) is 5.39. The number of hydrazine groups is 1. The first-order valence-electron chi connectivity index (χ1n) is 10.1. The number of hydrogen-bond acceptors (Lipinski definition) is 7. The first-order valence-corrected chi connectivity index (χ1v) is 10.4. The van der Waals surface area contributed by atoms with Crippen molar-refractivity contribution < 1.29 is 28.6 Å². The zero-order valence-corrected chi connectivity index (χ0v) is 19.7. The molecule has 1 heterocycles. The summed E-state index contributed by atoms with van der Waals surface area (Å²) in [6.07, 6.45) is 0. The van der Waals surface area contributed by atoms with Gasteiger partial charge in [-0.2, -0.15) is 5.10 Å². The van der Waals surface area contributed by atoms with Crippen LogP contribution in [0.3, 0.4) is 0 Å². The molecule has 0 fully saturated rings. The highest BCUT2D eigenvalue weighted by Gasteiger charge is 2.15. The summed E-state index contributed by atoms with van der Waals surface area (Å²) >= 11 is 6.17. The number of esters is 1. The van der Waals surface area contributed by atoms with E-state index < -0.39 is 24.4 Å². The highest BCUT2D eigenvalue weighted by molar-refractivity contribution is 6.31. The number of halogens is 1. The van der Waals surface area contributed by atoms with Crippen molar-refractivity contribution in [2.24, 2.45) is 0 Å². The van der Waals surface area contributed by atoms with Gasteiger partial charge in [-0.1, -0.05) is 11.6 Å². The second kappa shape index (κ2) is 10.7. The molecule has 0 aliphatic heterocycles. The Balaban J connectivity index is 1.51. The van der Waals surface area contributed by atoms with Gasteiger partial charge in [0, 0.05) is 5.56 Å². The number of rotatable bonds is 7. The molecule has 0 spiro atoms. The molecule has 0 saturated carbocycles. The van der Waals surface area contributed by atoms with Crippen LogP contribution in [0.15, 0.2) is 42.5 Å². The Morgan fingerprint density at radius 3 is 2.18 bits per heavy atom. The molecule has 0 saturated heterocycles. The predicted molar refractivity (Wildman–Crippen MR) is 123 cm³/mol. The average Bonchev–Trinajstić information content (AvgIpc) is 3.12. The van der Waals surface area contributed by atoms with Crippen LogP contribution >= 0.6 is 11.6 Å². The van der Waals surface area contributed by atoms with Crippen LogP contribution in [0.5, 0.6) is 11.5 Å². The number of amides is 2. The lowest BCUT2D eigenvalue weighted by Crippen LogP contribution is -2.43. The fraction of sp³-hybridized carbons (Fsp3) is 0.217. The van der Waals surface area contributed by atoms with Crippen LogP contribution < -0.4 is 20.3 Å². The van der Waals surface area contributed by atoms with E-state index in [2.05, 4.69) is 16.0 Å². The number of carbonyl (C=O) groups excluding carboxylic acids is 3. The van der Waals surface area contributed by atoms with Crippen molar-refractivity contribution in [2.75, 3.05) is 20.8 Å². The van der Waals surface area contributed by atoms with Crippen LogP contribution in [-0.2, 0) is 9.53 Å². The van der Waals surface area contributed by atoms with Gasteiger partial charge in [0.15, 0.2) is 18.1 Å². The van der Waals surface area contributed by atoms with E-state index in [-0.39, 0.29) is 11.1 Å². The zero-order valence-electron chi connectivity index (χ0n) is 19.0. The van der Waals surface area contributed by atoms with E-state index in [1.807, 2.05) is 6.92 Å². The second-order valence-corrected chi connectivity index (χ2v) is 7.47. The molecular weight excluding hydrogens is 464 g/mol. The molecular formula is C23H23ClN4O6. The summed E-state index contributed by atoms with van der Waals surface area (Å²) in [5.74, 6) is -1.17. The molecule has 178 valence electrons. The lowest BCUT2D eigenvalue weighted by molar-refractivity contribution is -0.125. The standard InChI is InChI=1S/C23H23ClN4O6/c1-13-21(24)14(2)28(27-13)17-8-5-15(6-9-17)23(31)34-12-20(29)25-26-22(30)16-7-10-18(32-3)19(11-16)33-4/h5-11H,12H2,1-4H3,(H,25,29)(H,26,30). The number of aryl methyl sites for hydroxylation is 1. The molecule has 0 atom stereocenters. The van der Waals surface area contributed by atoms with Gasteiger partial charge in [-0.05, 0) is 56.3 Å². The molecule has 0 unspecified atom stereocenters. The smallest absolute Gasteiger partial charge is 0.338 e. The van der Waals surface area contributed by atoms with Gasteiger partial charge in [0.25, 0.3) is 11.8 Å². The van der Waals surface area contributed by atoms with Gasteiger partial charge < -0.3 is 14.2 Å². The van der Waals surface area contributed by atoms with Crippen LogP contribution in [0.25, 0.3) is 5.69 Å². The van der Waals surface area contributed by atoms with Crippen molar-refractivity contribution in [3.05, 3.63) is 70.0 Å². The fourth-order valence-corrected chi connectivity index (χ4v) is 3.16. The van der Waals surface area contributed by atoms with Crippen molar-refractivity contribution in [2.45, 2.75) is 13.8 Å². The molecule has 3 rings (SSSR count). The Labute approximate surface area is 200 Å². The van der Waals surface area contributed by atoms with Crippen molar-refractivity contribution in [1.29, 1.82) is 0 Å². The Morgan fingerprint density at radius 2 is 1.59 bits per heavy atom. The number of hydrogen-bond donors (Lipinski definition) is 2. The van der Waals surface area contributed by atoms with Crippen molar-refractivity contribution in [1.82, 2.24) is 20.6 Å². The molecule has 10 nitrogen and oxygen atoms in total. The molecule has 34 heavy (non-hydrogen) atoms. The molecule has 0 aliphatic rings. The number of carbonyl (C=O) groups is 3. The van der Waals surface area contributed by atoms with Crippen molar-refractivity contribution in [3.8, 4) is 17.2 Å². The molecule has 0 aliphatic carbocycles. The maximum atomic E-state index is 12.3. The van der Waals surface area contributed by atoms with Crippen molar-refractivity contribution in [3.63, 3.8) is 0 Å². The Morgan fingerprint density at radius 1 is 0.941 bits per heavy atom. The normalized spacial score (nSPS) is 10.4. The van der Waals surface area contributed by atoms with Gasteiger partial charge in [0.2, 0.25) is 0 Å². The van der Waals surface area contributed by atoms with Gasteiger partial charge in [0.05, 0.1) is 41.9 Å². The number of nitrogens with one attached hydrogen (secondary N) is 2. The topological polar surface area (TPSA) is 121 Å². The number of ether oxygens (including phenoxy) is 3. The Kier molecular flexibility index (Phi) is 7.75. The minimum absolute atomic E-state index is 0.235. The van der Waals surface area contributed by atoms with Gasteiger partial charge in [-0.25, -0.2) is 9.48 Å². The zero-order chi connectivity index (χ0) is 24.8. The summed E-state index contributed by atoms with van der Waals surface area (Å²) in [6.45, 7) is 3.06. The maximum Gasteiger partial charge on any atom is 0.338 e. The van der Waals surface area contributed by atoms with E-state index in [0.717, 1.165) is 11.4 Å². The van der Waals surface area contributed by atoms with Crippen LogP contribution in [0.1, 0.15) is 32.1 Å². The maximum absolute atomic E-state index is 12.3. The molecule has 3 aromatic rings. The summed E-state index contributed by atoms with van der Waals surface area (Å²) in [5.41, 5.74) is 7.11. The van der Waals surface area contributed by atoms with Crippen LogP contribution in [0.2, 0.25) is 5.02 Å². The van der Waals surface area contributed by atoms with Gasteiger partial charge in [0.1, 0.15) is 0 Å². The SMILES string of the molecule is COc1ccc(C(=O)NNC(=O)COC(=O)c2ccc(-n3nc(C)c(Cl)c3C)cc2)cc1OC. The van der Waals surface area contributed by atoms with E-state index in [1.54, 1.807) is 41.9 Å². The van der Waals surface area contributed by atoms with Crippen LogP contribution in [0, 0.1) is 13.8 Å². The van der Waals surface area contributed by atoms with E-state index in [4.69, 9.17) is 25.8 Å². The number of methoxy groups -OCH3 is 2. The van der Waals surface area contributed by atoms with E-state index in [0.29, 0.717) is 22.2 Å². The van der Waals surface area contributed by atoms with E-state index in [9.17, 15) is 14.4 Å². The van der Waals surface area contributed by atoms with Crippen LogP contribution in [0.4, 0.5) is 0 Å². The fourth-order valence-electron chi connectivity index (χ4n) is 3.04. The minimum Gasteiger partial charge on any atom is -0.493 e. The van der Waals surface area contributed by atoms with Gasteiger partial charge >= 0.3 is 5.97 Å². The summed E-state index contributed by atoms with van der Waals surface area (Å²) < 4.78 is 16.9. The molecule has 0 bridgehead atoms. The summed E-state index contributed by atoms with van der Waals surface area (Å²) in [4.78, 5) is 36.5. The first-order chi connectivity index (χ1) is 16.2. The van der Waals surface area contributed by atoms with Gasteiger partial charge in [-0.3, -0.25) is 20.4 Å². The summed E-state index contributed by atoms with van der Waals surface area (Å²) in [7, 11) is 2.92. The number of aromatic nitrogens is 2. The highest BCUT2D eigenvalue weighted by Crippen LogP contribution is 2.27. The van der Waals surface area contributed by atoms with Gasteiger partial charge in [-0.15, -0.1) is 0 Å². The number of nitrogens with zero attached hydrogens (tertiary/aromatic N) is 2. The van der Waals surface area contributed by atoms with E-state index >= 15 is 0 Å². The molecule has 1 aromatic heterocycles. The lowest BCUT2D eigenvalue weighted by atomic mass is 10.2. The lowest BCUT2D eigenvalue weighted by Gasteiger charge is -2.11. The molecule has 2 amide bonds. The first kappa shape index (κ1) is 24.6. The minimum atomic E-state index is -0.712. The second-order valence-electron chi connectivity index (χ2n) is 7.09. The van der Waals surface area contributed by atoms with Crippen molar-refractivity contribution >= 4 is 29.4 Å².